The fraction of sp³-hybridized carbons (Fsp3) is 0.833. The average molecular weight is 258 g/mol. The molecule has 1 amide bonds. The van der Waals surface area contributed by atoms with Crippen LogP contribution in [0, 0.1) is 0 Å². The van der Waals surface area contributed by atoms with Crippen molar-refractivity contribution in [2.75, 3.05) is 20.3 Å². The molecule has 2 N–H and O–H groups in total. The Morgan fingerprint density at radius 3 is 2.59 bits per heavy atom. The van der Waals surface area contributed by atoms with Gasteiger partial charge in [0.25, 0.3) is 0 Å². The number of ether oxygens (including phenoxy) is 1. The van der Waals surface area contributed by atoms with Gasteiger partial charge in [-0.2, -0.15) is 0 Å². The molecule has 1 saturated carbocycles. The fourth-order valence-electron chi connectivity index (χ4n) is 2.34. The predicted molar refractivity (Wildman–Crippen MR) is 71.9 cm³/mol. The molecule has 0 saturated heterocycles. The van der Waals surface area contributed by atoms with Crippen molar-refractivity contribution in [3.63, 3.8) is 0 Å². The monoisotopic (exact) mass is 258 g/mol. The van der Waals surface area contributed by atoms with Gasteiger partial charge in [-0.3, -0.25) is 4.79 Å². The molecule has 98 valence electrons. The number of nitrogens with two attached hydrogens (primary N) is 1. The molecule has 0 spiro atoms. The van der Waals surface area contributed by atoms with Crippen LogP contribution in [0.25, 0.3) is 0 Å². The second-order valence-corrected chi connectivity index (χ2v) is 5.05. The molecule has 4 nitrogen and oxygen atoms in total. The van der Waals surface area contributed by atoms with Crippen molar-refractivity contribution in [2.24, 2.45) is 5.73 Å². The summed E-state index contributed by atoms with van der Waals surface area (Å²) in [6.07, 6.45) is 6.46. The van der Waals surface area contributed by atoms with E-state index in [4.69, 9.17) is 22.7 Å². The molecular weight excluding hydrogens is 236 g/mol. The first kappa shape index (κ1) is 14.4. The molecule has 1 fully saturated rings. The van der Waals surface area contributed by atoms with Gasteiger partial charge >= 0.3 is 0 Å². The zero-order valence-electron chi connectivity index (χ0n) is 10.5. The Hall–Kier alpha value is -0.680. The average Bonchev–Trinajstić information content (AvgIpc) is 2.30. The zero-order valence-corrected chi connectivity index (χ0v) is 11.3. The number of thiocarbonyl (C=S) groups is 1. The summed E-state index contributed by atoms with van der Waals surface area (Å²) in [7, 11) is 1.55. The van der Waals surface area contributed by atoms with Gasteiger partial charge in [-0.1, -0.05) is 31.5 Å². The number of hydrogen-bond acceptors (Lipinski definition) is 3. The Morgan fingerprint density at radius 1 is 1.41 bits per heavy atom. The van der Waals surface area contributed by atoms with Crippen LogP contribution in [0.5, 0.6) is 0 Å². The van der Waals surface area contributed by atoms with Gasteiger partial charge < -0.3 is 15.4 Å². The smallest absolute Gasteiger partial charge is 0.248 e. The van der Waals surface area contributed by atoms with E-state index in [9.17, 15) is 4.79 Å². The van der Waals surface area contributed by atoms with Crippen LogP contribution in [0.3, 0.4) is 0 Å². The first-order valence-corrected chi connectivity index (χ1v) is 6.62. The van der Waals surface area contributed by atoms with E-state index in [1.165, 1.54) is 19.3 Å². The molecule has 0 aromatic heterocycles. The molecule has 0 radical (unpaired) electrons. The number of amides is 1. The summed E-state index contributed by atoms with van der Waals surface area (Å²) in [6, 6.07) is 0.348. The lowest BCUT2D eigenvalue weighted by atomic mass is 9.94. The summed E-state index contributed by atoms with van der Waals surface area (Å²) in [4.78, 5) is 14.3. The van der Waals surface area contributed by atoms with Crippen molar-refractivity contribution in [3.05, 3.63) is 0 Å². The zero-order chi connectivity index (χ0) is 12.7. The molecule has 0 aliphatic heterocycles. The fourth-order valence-corrected chi connectivity index (χ4v) is 2.43. The molecule has 1 aliphatic rings. The maximum absolute atomic E-state index is 12.0. The largest absolute Gasteiger partial charge is 0.393 e. The van der Waals surface area contributed by atoms with E-state index in [2.05, 4.69) is 0 Å². The minimum atomic E-state index is 0.0515. The van der Waals surface area contributed by atoms with Crippen LogP contribution in [0.1, 0.15) is 38.5 Å². The highest BCUT2D eigenvalue weighted by atomic mass is 32.1. The van der Waals surface area contributed by atoms with E-state index in [-0.39, 0.29) is 12.5 Å². The quantitative estimate of drug-likeness (QED) is 0.733. The first-order chi connectivity index (χ1) is 8.15. The summed E-state index contributed by atoms with van der Waals surface area (Å²) in [5, 5.41) is 0. The van der Waals surface area contributed by atoms with E-state index >= 15 is 0 Å². The third-order valence-corrected chi connectivity index (χ3v) is 3.41. The van der Waals surface area contributed by atoms with E-state index in [1.54, 1.807) is 7.11 Å². The highest BCUT2D eigenvalue weighted by Crippen LogP contribution is 2.22. The van der Waals surface area contributed by atoms with Crippen LogP contribution in [0.2, 0.25) is 0 Å². The topological polar surface area (TPSA) is 55.6 Å². The minimum Gasteiger partial charge on any atom is -0.393 e. The maximum Gasteiger partial charge on any atom is 0.248 e. The lowest BCUT2D eigenvalue weighted by Gasteiger charge is -2.34. The number of rotatable bonds is 6. The molecule has 1 aliphatic carbocycles. The summed E-state index contributed by atoms with van der Waals surface area (Å²) in [5.74, 6) is 0.0515. The normalized spacial score (nSPS) is 16.8. The molecular formula is C12H22N2O2S. The Labute approximate surface area is 108 Å². The van der Waals surface area contributed by atoms with Crippen molar-refractivity contribution in [1.29, 1.82) is 0 Å². The number of methoxy groups -OCH3 is 1. The van der Waals surface area contributed by atoms with Gasteiger partial charge in [-0.25, -0.2) is 0 Å². The Bertz CT molecular complexity index is 265. The van der Waals surface area contributed by atoms with Crippen molar-refractivity contribution in [3.8, 4) is 0 Å². The van der Waals surface area contributed by atoms with Crippen LogP contribution in [-0.2, 0) is 9.53 Å². The molecule has 1 rings (SSSR count). The van der Waals surface area contributed by atoms with Crippen molar-refractivity contribution < 1.29 is 9.53 Å². The molecule has 0 atom stereocenters. The SMILES string of the molecule is COCC(=O)N(CCC(N)=S)C1CCCCC1. The second kappa shape index (κ2) is 7.61. The molecule has 17 heavy (non-hydrogen) atoms. The number of carbonyl (C=O) groups is 1. The second-order valence-electron chi connectivity index (χ2n) is 4.53. The van der Waals surface area contributed by atoms with Crippen LogP contribution in [-0.4, -0.2) is 42.1 Å². The van der Waals surface area contributed by atoms with Gasteiger partial charge in [0.1, 0.15) is 6.61 Å². The van der Waals surface area contributed by atoms with Gasteiger partial charge in [-0.05, 0) is 12.8 Å². The predicted octanol–water partition coefficient (Wildman–Crippen LogP) is 1.47. The van der Waals surface area contributed by atoms with Gasteiger partial charge in [0.2, 0.25) is 5.91 Å². The number of nitrogens with zero attached hydrogens (tertiary/aromatic N) is 1. The minimum absolute atomic E-state index is 0.0515. The summed E-state index contributed by atoms with van der Waals surface area (Å²) in [6.45, 7) is 0.774. The first-order valence-electron chi connectivity index (χ1n) is 6.22. The van der Waals surface area contributed by atoms with Crippen LogP contribution >= 0.6 is 12.2 Å². The summed E-state index contributed by atoms with van der Waals surface area (Å²) in [5.41, 5.74) is 5.51. The van der Waals surface area contributed by atoms with Crippen LogP contribution < -0.4 is 5.73 Å². The highest BCUT2D eigenvalue weighted by molar-refractivity contribution is 7.80. The van der Waals surface area contributed by atoms with E-state index in [1.807, 2.05) is 4.90 Å². The molecule has 0 unspecified atom stereocenters. The van der Waals surface area contributed by atoms with Crippen molar-refractivity contribution in [2.45, 2.75) is 44.6 Å². The van der Waals surface area contributed by atoms with E-state index < -0.39 is 0 Å². The van der Waals surface area contributed by atoms with E-state index in [0.717, 1.165) is 12.8 Å². The Morgan fingerprint density at radius 2 is 2.06 bits per heavy atom. The van der Waals surface area contributed by atoms with Gasteiger partial charge in [0.15, 0.2) is 0 Å². The molecule has 0 aromatic carbocycles. The number of carbonyl (C=O) groups excluding carboxylic acids is 1. The molecule has 0 bridgehead atoms. The third kappa shape index (κ3) is 5.00. The highest BCUT2D eigenvalue weighted by Gasteiger charge is 2.24. The lowest BCUT2D eigenvalue weighted by molar-refractivity contribution is -0.138. The molecule has 5 heteroatoms. The Kier molecular flexibility index (Phi) is 6.44. The third-order valence-electron chi connectivity index (χ3n) is 3.20. The Balaban J connectivity index is 2.56. The van der Waals surface area contributed by atoms with Gasteiger partial charge in [0, 0.05) is 26.1 Å². The lowest BCUT2D eigenvalue weighted by Crippen LogP contribution is -2.44. The van der Waals surface area contributed by atoms with Crippen molar-refractivity contribution >= 4 is 23.1 Å². The maximum atomic E-state index is 12.0. The number of hydrogen-bond donors (Lipinski definition) is 1. The summed E-state index contributed by atoms with van der Waals surface area (Å²) >= 11 is 4.88. The van der Waals surface area contributed by atoms with Crippen molar-refractivity contribution in [1.82, 2.24) is 4.90 Å². The van der Waals surface area contributed by atoms with Crippen LogP contribution in [0.15, 0.2) is 0 Å². The van der Waals surface area contributed by atoms with Crippen LogP contribution in [0.4, 0.5) is 0 Å². The summed E-state index contributed by atoms with van der Waals surface area (Å²) < 4.78 is 4.93. The molecule has 0 aromatic rings. The van der Waals surface area contributed by atoms with E-state index in [0.29, 0.717) is 24.0 Å². The standard InChI is InChI=1S/C12H22N2O2S/c1-16-9-12(15)14(8-7-11(13)17)10-5-3-2-4-6-10/h10H,2-9H2,1H3,(H2,13,17). The van der Waals surface area contributed by atoms with Gasteiger partial charge in [0.05, 0.1) is 4.99 Å². The van der Waals surface area contributed by atoms with Gasteiger partial charge in [-0.15, -0.1) is 0 Å². The molecule has 0 heterocycles.